The molecular weight excluding hydrogens is 328 g/mol. The first-order valence-electron chi connectivity index (χ1n) is 8.24. The molecule has 0 aliphatic rings. The van der Waals surface area contributed by atoms with Crippen LogP contribution >= 0.6 is 0 Å². The molecule has 0 aliphatic heterocycles. The molecule has 6 heteroatoms. The Morgan fingerprint density at radius 1 is 1.19 bits per heavy atom. The molecule has 138 valence electrons. The van der Waals surface area contributed by atoms with Gasteiger partial charge in [0.1, 0.15) is 6.29 Å². The summed E-state index contributed by atoms with van der Waals surface area (Å²) in [4.78, 5) is 28.1. The molecule has 1 amide bonds. The molecule has 0 atom stereocenters. The largest absolute Gasteiger partial charge is 0.404 e. The van der Waals surface area contributed by atoms with E-state index in [9.17, 15) is 9.59 Å². The number of allylic oxidation sites excluding steroid dienone is 3. The summed E-state index contributed by atoms with van der Waals surface area (Å²) in [6, 6.07) is 9.29. The van der Waals surface area contributed by atoms with E-state index in [1.165, 1.54) is 6.20 Å². The minimum Gasteiger partial charge on any atom is -0.404 e. The average molecular weight is 354 g/mol. The number of hydrogen-bond donors (Lipinski definition) is 3. The maximum atomic E-state index is 12.4. The zero-order valence-corrected chi connectivity index (χ0v) is 15.7. The van der Waals surface area contributed by atoms with Crippen molar-refractivity contribution in [1.29, 1.82) is 0 Å². The van der Waals surface area contributed by atoms with Crippen molar-refractivity contribution in [3.63, 3.8) is 0 Å². The van der Waals surface area contributed by atoms with E-state index in [1.807, 2.05) is 50.3 Å². The van der Waals surface area contributed by atoms with E-state index in [1.54, 1.807) is 14.0 Å². The third kappa shape index (κ3) is 6.39. The lowest BCUT2D eigenvalue weighted by Gasteiger charge is -2.10. The van der Waals surface area contributed by atoms with Gasteiger partial charge in [0.05, 0.1) is 17.0 Å². The molecule has 0 spiro atoms. The summed E-state index contributed by atoms with van der Waals surface area (Å²) >= 11 is 0. The van der Waals surface area contributed by atoms with Crippen LogP contribution in [0.3, 0.4) is 0 Å². The van der Waals surface area contributed by atoms with Gasteiger partial charge in [0.25, 0.3) is 5.91 Å². The number of hydrogen-bond acceptors (Lipinski definition) is 5. The molecule has 0 saturated heterocycles. The van der Waals surface area contributed by atoms with Crippen LogP contribution in [0.5, 0.6) is 0 Å². The average Bonchev–Trinajstić information content (AvgIpc) is 2.63. The maximum absolute atomic E-state index is 12.4. The number of carbonyl (C=O) groups excluding carboxylic acids is 2. The third-order valence-electron chi connectivity index (χ3n) is 3.77. The minimum atomic E-state index is -0.383. The predicted molar refractivity (Wildman–Crippen MR) is 106 cm³/mol. The Kier molecular flexibility index (Phi) is 8.57. The fraction of sp³-hybridized carbons (Fsp3) is 0.250. The van der Waals surface area contributed by atoms with Crippen molar-refractivity contribution < 1.29 is 9.59 Å². The quantitative estimate of drug-likeness (QED) is 0.289. The molecule has 0 saturated carbocycles. The second-order valence-corrected chi connectivity index (χ2v) is 5.70. The summed E-state index contributed by atoms with van der Waals surface area (Å²) in [5, 5.41) is 5.70. The summed E-state index contributed by atoms with van der Waals surface area (Å²) in [5.41, 5.74) is 9.28. The van der Waals surface area contributed by atoms with Crippen molar-refractivity contribution in [3.05, 3.63) is 65.0 Å². The second-order valence-electron chi connectivity index (χ2n) is 5.70. The fourth-order valence-electron chi connectivity index (χ4n) is 2.15. The number of nitrogens with zero attached hydrogens (tertiary/aromatic N) is 1. The Morgan fingerprint density at radius 3 is 2.38 bits per heavy atom. The van der Waals surface area contributed by atoms with Crippen LogP contribution in [-0.2, 0) is 9.59 Å². The molecule has 1 aromatic carbocycles. The van der Waals surface area contributed by atoms with Gasteiger partial charge >= 0.3 is 0 Å². The Balaban J connectivity index is 2.89. The lowest BCUT2D eigenvalue weighted by molar-refractivity contribution is -0.116. The smallest absolute Gasteiger partial charge is 0.254 e. The van der Waals surface area contributed by atoms with Crippen molar-refractivity contribution in [2.45, 2.75) is 20.8 Å². The van der Waals surface area contributed by atoms with E-state index < -0.39 is 0 Å². The zero-order chi connectivity index (χ0) is 19.5. The molecule has 26 heavy (non-hydrogen) atoms. The van der Waals surface area contributed by atoms with Gasteiger partial charge in [-0.15, -0.1) is 0 Å². The van der Waals surface area contributed by atoms with Crippen LogP contribution in [-0.4, -0.2) is 31.5 Å². The first-order valence-corrected chi connectivity index (χ1v) is 8.24. The molecule has 0 heterocycles. The molecular formula is C20H26N4O2. The highest BCUT2D eigenvalue weighted by atomic mass is 16.1. The first kappa shape index (κ1) is 20.9. The number of para-hydroxylation sites is 1. The Bertz CT molecular complexity index is 759. The Hall–Kier alpha value is -3.15. The highest BCUT2D eigenvalue weighted by Gasteiger charge is 2.13. The van der Waals surface area contributed by atoms with Crippen molar-refractivity contribution in [2.24, 2.45) is 10.7 Å². The summed E-state index contributed by atoms with van der Waals surface area (Å²) in [5.74, 6) is -0.383. The third-order valence-corrected chi connectivity index (χ3v) is 3.77. The number of benzene rings is 1. The Morgan fingerprint density at radius 2 is 1.85 bits per heavy atom. The highest BCUT2D eigenvalue weighted by Crippen LogP contribution is 2.12. The molecule has 1 aromatic rings. The monoisotopic (exact) mass is 354 g/mol. The summed E-state index contributed by atoms with van der Waals surface area (Å²) in [6.07, 6.45) is 3.81. The van der Waals surface area contributed by atoms with Crippen molar-refractivity contribution in [2.75, 3.05) is 13.6 Å². The molecule has 1 rings (SSSR count). The molecule has 6 nitrogen and oxygen atoms in total. The minimum absolute atomic E-state index is 0.109. The molecule has 4 N–H and O–H groups in total. The zero-order valence-electron chi connectivity index (χ0n) is 15.7. The van der Waals surface area contributed by atoms with Crippen LogP contribution in [0.25, 0.3) is 0 Å². The van der Waals surface area contributed by atoms with Gasteiger partial charge in [-0.25, -0.2) is 0 Å². The molecule has 0 fully saturated rings. The van der Waals surface area contributed by atoms with Crippen molar-refractivity contribution in [1.82, 2.24) is 10.6 Å². The van der Waals surface area contributed by atoms with Gasteiger partial charge in [-0.1, -0.05) is 18.2 Å². The molecule has 0 unspecified atom stereocenters. The van der Waals surface area contributed by atoms with Crippen LogP contribution in [0.4, 0.5) is 5.69 Å². The number of carbonyl (C=O) groups is 2. The van der Waals surface area contributed by atoms with Crippen molar-refractivity contribution >= 4 is 23.6 Å². The summed E-state index contributed by atoms with van der Waals surface area (Å²) < 4.78 is 0. The number of amides is 1. The summed E-state index contributed by atoms with van der Waals surface area (Å²) in [6.45, 7) is 5.53. The van der Waals surface area contributed by atoms with Crippen LogP contribution in [0.15, 0.2) is 70.0 Å². The number of nitrogens with one attached hydrogen (secondary N) is 2. The lowest BCUT2D eigenvalue weighted by atomic mass is 10.1. The highest BCUT2D eigenvalue weighted by molar-refractivity contribution is 6.21. The van der Waals surface area contributed by atoms with Crippen LogP contribution in [0, 0.1) is 0 Å². The van der Waals surface area contributed by atoms with E-state index in [0.29, 0.717) is 11.3 Å². The normalized spacial score (nSPS) is 13.8. The van der Waals surface area contributed by atoms with Gasteiger partial charge in [-0.2, -0.15) is 0 Å². The van der Waals surface area contributed by atoms with Crippen LogP contribution in [0.1, 0.15) is 20.8 Å². The first-order chi connectivity index (χ1) is 12.4. The summed E-state index contributed by atoms with van der Waals surface area (Å²) in [7, 11) is 1.80. The fourth-order valence-corrected chi connectivity index (χ4v) is 2.15. The van der Waals surface area contributed by atoms with Gasteiger partial charge in [-0.3, -0.25) is 14.6 Å². The van der Waals surface area contributed by atoms with Gasteiger partial charge in [0.2, 0.25) is 0 Å². The maximum Gasteiger partial charge on any atom is 0.254 e. The van der Waals surface area contributed by atoms with Gasteiger partial charge < -0.3 is 16.4 Å². The predicted octanol–water partition coefficient (Wildman–Crippen LogP) is 2.38. The number of aldehydes is 1. The topological polar surface area (TPSA) is 96.6 Å². The van der Waals surface area contributed by atoms with Crippen LogP contribution in [0.2, 0.25) is 0 Å². The van der Waals surface area contributed by atoms with E-state index in [4.69, 9.17) is 5.73 Å². The number of rotatable bonds is 8. The van der Waals surface area contributed by atoms with E-state index in [0.717, 1.165) is 23.2 Å². The van der Waals surface area contributed by atoms with Gasteiger partial charge in [0.15, 0.2) is 0 Å². The molecule has 0 aromatic heterocycles. The number of nitrogens with two attached hydrogens (primary N) is 1. The van der Waals surface area contributed by atoms with E-state index in [-0.39, 0.29) is 18.0 Å². The lowest BCUT2D eigenvalue weighted by Crippen LogP contribution is -2.30. The Labute approximate surface area is 154 Å². The van der Waals surface area contributed by atoms with Crippen LogP contribution < -0.4 is 16.4 Å². The van der Waals surface area contributed by atoms with E-state index in [2.05, 4.69) is 15.6 Å². The van der Waals surface area contributed by atoms with E-state index >= 15 is 0 Å². The number of aliphatic imine (C=N–C) groups is 1. The van der Waals surface area contributed by atoms with Gasteiger partial charge in [-0.05, 0) is 44.6 Å². The molecule has 0 bridgehead atoms. The van der Waals surface area contributed by atoms with Gasteiger partial charge in [0, 0.05) is 31.1 Å². The molecule has 0 radical (unpaired) electrons. The SMILES string of the molecule is CN/C(C)=C\C(C)=C(/C=O)CNC(=O)C(=CN)C(C)=Nc1ccccc1. The van der Waals surface area contributed by atoms with Crippen molar-refractivity contribution in [3.8, 4) is 0 Å². The standard InChI is InChI=1S/C20H26N4O2/c1-14(10-15(2)22-4)17(13-25)12-23-20(26)19(11-21)16(3)24-18-8-6-5-7-9-18/h5-11,13,22H,12,21H2,1-4H3,(H,23,26)/b15-10-,17-14-,19-11?,24-16?. The molecule has 0 aliphatic carbocycles. The second kappa shape index (κ2) is 10.7.